The molecule has 0 saturated heterocycles. The molecule has 3 aromatic carbocycles. The summed E-state index contributed by atoms with van der Waals surface area (Å²) >= 11 is 0. The van der Waals surface area contributed by atoms with Gasteiger partial charge in [0, 0.05) is 18.6 Å². The average Bonchev–Trinajstić information content (AvgIpc) is 2.88. The maximum atomic E-state index is 11.8. The molecule has 190 valence electrons. The molecule has 0 bridgehead atoms. The summed E-state index contributed by atoms with van der Waals surface area (Å²) in [5.41, 5.74) is 10.2. The molecule has 0 radical (unpaired) electrons. The molecule has 0 aliphatic heterocycles. The highest BCUT2D eigenvalue weighted by Gasteiger charge is 2.10. The maximum absolute atomic E-state index is 11.8. The molecule has 0 amide bonds. The minimum Gasteiger partial charge on any atom is -0.462 e. The molecule has 0 aromatic heterocycles. The Morgan fingerprint density at radius 3 is 2.19 bits per heavy atom. The number of ether oxygens (including phenoxy) is 1. The Morgan fingerprint density at radius 1 is 0.833 bits per heavy atom. The lowest BCUT2D eigenvalue weighted by atomic mass is 9.92. The van der Waals surface area contributed by atoms with Crippen LogP contribution in [0.2, 0.25) is 0 Å². The van der Waals surface area contributed by atoms with Crippen molar-refractivity contribution in [2.24, 2.45) is 0 Å². The van der Waals surface area contributed by atoms with Crippen LogP contribution >= 0.6 is 0 Å². The van der Waals surface area contributed by atoms with E-state index in [1.54, 1.807) is 6.92 Å². The van der Waals surface area contributed by atoms with Gasteiger partial charge in [-0.1, -0.05) is 87.0 Å². The zero-order valence-electron chi connectivity index (χ0n) is 22.1. The summed E-state index contributed by atoms with van der Waals surface area (Å²) in [4.78, 5) is 11.8. The lowest BCUT2D eigenvalue weighted by Crippen LogP contribution is -2.09. The zero-order valence-corrected chi connectivity index (χ0v) is 22.1. The molecule has 3 heteroatoms. The molecule has 3 rings (SSSR count). The zero-order chi connectivity index (χ0) is 25.9. The standard InChI is InChI=1S/C33H40O3/c1-5-6-7-9-26-11-13-28(14-12-26)32-18-17-29(22-25(32)4)30-16-15-27(10-8-20-34)31(23-30)19-21-36-33(35)24(2)3/h11-18,22-23,34H,2,5-10,19-21H2,1,3-4H3. The number of aliphatic hydroxyl groups is 1. The van der Waals surface area contributed by atoms with Crippen molar-refractivity contribution in [2.75, 3.05) is 13.2 Å². The molecule has 0 unspecified atom stereocenters. The van der Waals surface area contributed by atoms with Gasteiger partial charge in [-0.25, -0.2) is 4.79 Å². The minimum absolute atomic E-state index is 0.159. The molecule has 36 heavy (non-hydrogen) atoms. The molecular weight excluding hydrogens is 444 g/mol. The van der Waals surface area contributed by atoms with Gasteiger partial charge in [0.2, 0.25) is 0 Å². The third kappa shape index (κ3) is 7.66. The number of aryl methyl sites for hydroxylation is 3. The van der Waals surface area contributed by atoms with E-state index in [1.165, 1.54) is 52.6 Å². The van der Waals surface area contributed by atoms with Crippen molar-refractivity contribution >= 4 is 5.97 Å². The fourth-order valence-electron chi connectivity index (χ4n) is 4.53. The van der Waals surface area contributed by atoms with E-state index >= 15 is 0 Å². The van der Waals surface area contributed by atoms with Crippen molar-refractivity contribution < 1.29 is 14.6 Å². The Morgan fingerprint density at radius 2 is 1.53 bits per heavy atom. The van der Waals surface area contributed by atoms with E-state index in [4.69, 9.17) is 4.74 Å². The van der Waals surface area contributed by atoms with Gasteiger partial charge in [-0.05, 0) is 84.0 Å². The molecule has 0 atom stereocenters. The Balaban J connectivity index is 1.79. The highest BCUT2D eigenvalue weighted by Crippen LogP contribution is 2.30. The van der Waals surface area contributed by atoms with E-state index in [9.17, 15) is 9.90 Å². The van der Waals surface area contributed by atoms with Crippen LogP contribution in [0.4, 0.5) is 0 Å². The summed E-state index contributed by atoms with van der Waals surface area (Å²) < 4.78 is 5.34. The van der Waals surface area contributed by atoms with E-state index in [2.05, 4.69) is 81.1 Å². The maximum Gasteiger partial charge on any atom is 0.333 e. The summed E-state index contributed by atoms with van der Waals surface area (Å²) in [5, 5.41) is 9.30. The summed E-state index contributed by atoms with van der Waals surface area (Å²) in [6, 6.07) is 22.1. The molecule has 3 nitrogen and oxygen atoms in total. The van der Waals surface area contributed by atoms with E-state index in [1.807, 2.05) is 0 Å². The first-order valence-corrected chi connectivity index (χ1v) is 13.2. The molecule has 3 aromatic rings. The van der Waals surface area contributed by atoms with Crippen LogP contribution in [-0.2, 0) is 28.8 Å². The summed E-state index contributed by atoms with van der Waals surface area (Å²) in [6.07, 6.45) is 7.08. The van der Waals surface area contributed by atoms with Crippen LogP contribution in [0.3, 0.4) is 0 Å². The highest BCUT2D eigenvalue weighted by molar-refractivity contribution is 5.86. The number of rotatable bonds is 13. The fraction of sp³-hybridized carbons (Fsp3) is 0.364. The number of esters is 1. The lowest BCUT2D eigenvalue weighted by molar-refractivity contribution is -0.138. The number of carbonyl (C=O) groups excluding carboxylic acids is 1. The van der Waals surface area contributed by atoms with Crippen LogP contribution in [0.5, 0.6) is 0 Å². The van der Waals surface area contributed by atoms with Crippen LogP contribution in [-0.4, -0.2) is 24.3 Å². The van der Waals surface area contributed by atoms with Gasteiger partial charge < -0.3 is 9.84 Å². The van der Waals surface area contributed by atoms with Crippen molar-refractivity contribution in [3.8, 4) is 22.3 Å². The van der Waals surface area contributed by atoms with E-state index in [0.29, 0.717) is 25.0 Å². The number of hydrogen-bond acceptors (Lipinski definition) is 3. The fourth-order valence-corrected chi connectivity index (χ4v) is 4.53. The molecule has 1 N–H and O–H groups in total. The predicted octanol–water partition coefficient (Wildman–Crippen LogP) is 7.65. The molecule has 0 aliphatic carbocycles. The van der Waals surface area contributed by atoms with Gasteiger partial charge in [0.1, 0.15) is 0 Å². The van der Waals surface area contributed by atoms with Crippen molar-refractivity contribution in [3.05, 3.63) is 95.1 Å². The normalized spacial score (nSPS) is 10.9. The van der Waals surface area contributed by atoms with Crippen molar-refractivity contribution in [2.45, 2.75) is 65.7 Å². The summed E-state index contributed by atoms with van der Waals surface area (Å²) in [5.74, 6) is -0.358. The minimum atomic E-state index is -0.358. The molecule has 0 aliphatic rings. The number of carbonyl (C=O) groups is 1. The number of aliphatic hydroxyl groups excluding tert-OH is 1. The number of unbranched alkanes of at least 4 members (excludes halogenated alkanes) is 2. The predicted molar refractivity (Wildman–Crippen MR) is 150 cm³/mol. The van der Waals surface area contributed by atoms with Crippen LogP contribution in [0.25, 0.3) is 22.3 Å². The van der Waals surface area contributed by atoms with Crippen LogP contribution < -0.4 is 0 Å². The summed E-state index contributed by atoms with van der Waals surface area (Å²) in [6.45, 7) is 10.2. The molecule has 0 saturated carbocycles. The van der Waals surface area contributed by atoms with Gasteiger partial charge in [-0.15, -0.1) is 0 Å². The van der Waals surface area contributed by atoms with Gasteiger partial charge in [0.15, 0.2) is 0 Å². The topological polar surface area (TPSA) is 46.5 Å². The van der Waals surface area contributed by atoms with Gasteiger partial charge in [-0.2, -0.15) is 0 Å². The SMILES string of the molecule is C=C(C)C(=O)OCCc1cc(-c2ccc(-c3ccc(CCCCC)cc3)c(C)c2)ccc1CCCO. The monoisotopic (exact) mass is 484 g/mol. The largest absolute Gasteiger partial charge is 0.462 e. The first-order chi connectivity index (χ1) is 17.4. The van der Waals surface area contributed by atoms with Gasteiger partial charge in [0.25, 0.3) is 0 Å². The third-order valence-electron chi connectivity index (χ3n) is 6.66. The van der Waals surface area contributed by atoms with Crippen LogP contribution in [0, 0.1) is 6.92 Å². The van der Waals surface area contributed by atoms with Gasteiger partial charge >= 0.3 is 5.97 Å². The van der Waals surface area contributed by atoms with Crippen molar-refractivity contribution in [1.82, 2.24) is 0 Å². The van der Waals surface area contributed by atoms with Gasteiger partial charge in [0.05, 0.1) is 6.61 Å². The molecule has 0 heterocycles. The third-order valence-corrected chi connectivity index (χ3v) is 6.66. The van der Waals surface area contributed by atoms with E-state index in [0.717, 1.165) is 24.0 Å². The Bertz CT molecular complexity index is 1160. The number of hydrogen-bond donors (Lipinski definition) is 1. The summed E-state index contributed by atoms with van der Waals surface area (Å²) in [7, 11) is 0. The van der Waals surface area contributed by atoms with E-state index < -0.39 is 0 Å². The Kier molecular flexibility index (Phi) is 10.5. The van der Waals surface area contributed by atoms with Gasteiger partial charge in [-0.3, -0.25) is 0 Å². The van der Waals surface area contributed by atoms with Crippen molar-refractivity contribution in [1.29, 1.82) is 0 Å². The molecular formula is C33H40O3. The van der Waals surface area contributed by atoms with Crippen LogP contribution in [0.1, 0.15) is 61.8 Å². The number of benzene rings is 3. The lowest BCUT2D eigenvalue weighted by Gasteiger charge is -2.14. The Labute approximate surface area is 216 Å². The molecule has 0 fully saturated rings. The second-order valence-corrected chi connectivity index (χ2v) is 9.66. The second kappa shape index (κ2) is 13.8. The average molecular weight is 485 g/mol. The molecule has 0 spiro atoms. The first-order valence-electron chi connectivity index (χ1n) is 13.2. The Hall–Kier alpha value is -3.17. The quantitative estimate of drug-likeness (QED) is 0.154. The van der Waals surface area contributed by atoms with Crippen LogP contribution in [0.15, 0.2) is 72.8 Å². The highest BCUT2D eigenvalue weighted by atomic mass is 16.5. The van der Waals surface area contributed by atoms with E-state index in [-0.39, 0.29) is 12.6 Å². The van der Waals surface area contributed by atoms with Crippen molar-refractivity contribution in [3.63, 3.8) is 0 Å². The second-order valence-electron chi connectivity index (χ2n) is 9.66. The first kappa shape index (κ1) is 27.4. The smallest absolute Gasteiger partial charge is 0.333 e.